The Morgan fingerprint density at radius 3 is 2.48 bits per heavy atom. The molecular weight excluding hydrogens is 341 g/mol. The minimum absolute atomic E-state index is 0.0408. The molecule has 0 spiro atoms. The molecule has 1 amide bonds. The monoisotopic (exact) mass is 358 g/mol. The van der Waals surface area contributed by atoms with Crippen LogP contribution in [0.4, 0.5) is 18.9 Å². The molecule has 0 aliphatic heterocycles. The van der Waals surface area contributed by atoms with Crippen LogP contribution in [0, 0.1) is 5.41 Å². The zero-order chi connectivity index (χ0) is 18.7. The number of halogens is 3. The fourth-order valence-corrected chi connectivity index (χ4v) is 2.41. The van der Waals surface area contributed by atoms with E-state index in [1.54, 1.807) is 6.20 Å². The Morgan fingerprint density at radius 1 is 1.36 bits per heavy atom. The highest BCUT2D eigenvalue weighted by Gasteiger charge is 2.42. The van der Waals surface area contributed by atoms with Crippen molar-refractivity contribution in [3.63, 3.8) is 0 Å². The molecule has 1 aliphatic carbocycles. The molecule has 1 heterocycles. The van der Waals surface area contributed by atoms with E-state index in [1.807, 2.05) is 18.2 Å². The molecule has 0 bridgehead atoms. The lowest BCUT2D eigenvalue weighted by Crippen LogP contribution is -2.47. The summed E-state index contributed by atoms with van der Waals surface area (Å²) in [7, 11) is 0. The number of alkyl halides is 3. The first-order valence-corrected chi connectivity index (χ1v) is 7.43. The van der Waals surface area contributed by atoms with Gasteiger partial charge in [0.1, 0.15) is 0 Å². The largest absolute Gasteiger partial charge is 0.490 e. The number of carboxylic acid groups (broad SMARTS) is 1. The molecule has 1 fully saturated rings. The third-order valence-electron chi connectivity index (χ3n) is 4.12. The Morgan fingerprint density at radius 2 is 2.00 bits per heavy atom. The van der Waals surface area contributed by atoms with Crippen molar-refractivity contribution in [2.45, 2.75) is 25.4 Å². The number of carbonyl (C=O) groups excluding carboxylic acids is 1. The highest BCUT2D eigenvalue weighted by molar-refractivity contribution is 5.97. The lowest BCUT2D eigenvalue weighted by Gasteiger charge is -2.39. The summed E-state index contributed by atoms with van der Waals surface area (Å²) in [6.45, 7) is 0.423. The van der Waals surface area contributed by atoms with E-state index in [1.165, 1.54) is 0 Å². The number of carbonyl (C=O) groups is 2. The van der Waals surface area contributed by atoms with Gasteiger partial charge in [-0.3, -0.25) is 9.89 Å². The molecule has 1 aromatic carbocycles. The number of aromatic amines is 1. The Labute approximate surface area is 140 Å². The summed E-state index contributed by atoms with van der Waals surface area (Å²) in [6.07, 6.45) is -0.467. The normalized spacial score (nSPS) is 15.7. The van der Waals surface area contributed by atoms with Crippen molar-refractivity contribution in [2.75, 3.05) is 11.9 Å². The van der Waals surface area contributed by atoms with Crippen molar-refractivity contribution in [3.05, 3.63) is 24.4 Å². The van der Waals surface area contributed by atoms with Gasteiger partial charge in [-0.1, -0.05) is 6.42 Å². The summed E-state index contributed by atoms with van der Waals surface area (Å²) < 4.78 is 31.7. The maximum atomic E-state index is 12.2. The summed E-state index contributed by atoms with van der Waals surface area (Å²) in [5, 5.41) is 17.9. The fraction of sp³-hybridized carbons (Fsp3) is 0.400. The second-order valence-corrected chi connectivity index (χ2v) is 5.77. The lowest BCUT2D eigenvalue weighted by atomic mass is 9.68. The number of H-pyrrole nitrogens is 1. The number of nitrogens with zero attached hydrogens (tertiary/aromatic N) is 1. The van der Waals surface area contributed by atoms with Gasteiger partial charge in [0.15, 0.2) is 0 Å². The topological polar surface area (TPSA) is 121 Å². The van der Waals surface area contributed by atoms with E-state index < -0.39 is 12.1 Å². The van der Waals surface area contributed by atoms with E-state index in [9.17, 15) is 18.0 Å². The van der Waals surface area contributed by atoms with Gasteiger partial charge in [-0.15, -0.1) is 0 Å². The van der Waals surface area contributed by atoms with Gasteiger partial charge in [0.25, 0.3) is 0 Å². The van der Waals surface area contributed by atoms with Crippen LogP contribution in [0.2, 0.25) is 0 Å². The van der Waals surface area contributed by atoms with Crippen molar-refractivity contribution in [1.82, 2.24) is 10.2 Å². The molecule has 1 aromatic heterocycles. The number of amides is 1. The van der Waals surface area contributed by atoms with Crippen LogP contribution >= 0.6 is 0 Å². The van der Waals surface area contributed by atoms with Crippen LogP contribution in [0.5, 0.6) is 0 Å². The van der Waals surface area contributed by atoms with E-state index in [2.05, 4.69) is 15.5 Å². The molecule has 25 heavy (non-hydrogen) atoms. The first-order valence-electron chi connectivity index (χ1n) is 7.43. The molecule has 136 valence electrons. The number of rotatable bonds is 3. The second kappa shape index (κ2) is 7.09. The van der Waals surface area contributed by atoms with Crippen molar-refractivity contribution < 1.29 is 27.9 Å². The molecule has 10 heteroatoms. The fourth-order valence-electron chi connectivity index (χ4n) is 2.41. The molecule has 0 atom stereocenters. The van der Waals surface area contributed by atoms with E-state index in [0.717, 1.165) is 35.9 Å². The molecule has 1 aliphatic rings. The van der Waals surface area contributed by atoms with Crippen molar-refractivity contribution in [1.29, 1.82) is 0 Å². The Kier molecular flexibility index (Phi) is 5.31. The number of hydrogen-bond acceptors (Lipinski definition) is 4. The highest BCUT2D eigenvalue weighted by atomic mass is 19.4. The average molecular weight is 358 g/mol. The quantitative estimate of drug-likeness (QED) is 0.671. The predicted molar refractivity (Wildman–Crippen MR) is 83.8 cm³/mol. The molecule has 7 nitrogen and oxygen atoms in total. The Balaban J connectivity index is 0.000000277. The number of aliphatic carboxylic acids is 1. The number of nitrogens with one attached hydrogen (secondary N) is 2. The molecule has 5 N–H and O–H groups in total. The number of benzene rings is 1. The average Bonchev–Trinajstić information content (AvgIpc) is 2.94. The van der Waals surface area contributed by atoms with Gasteiger partial charge in [-0.2, -0.15) is 18.3 Å². The summed E-state index contributed by atoms with van der Waals surface area (Å²) in [6, 6.07) is 5.70. The standard InChI is InChI=1S/C13H16N4O.C2HF3O2/c14-8-13(4-1-5-13)12(18)16-10-2-3-11-9(6-10)7-15-17-11;3-2(4,5)1(6)7/h2-3,6-7H,1,4-5,8,14H2,(H,15,17)(H,16,18);(H,6,7). The van der Waals surface area contributed by atoms with Crippen molar-refractivity contribution in [2.24, 2.45) is 11.1 Å². The number of anilines is 1. The highest BCUT2D eigenvalue weighted by Crippen LogP contribution is 2.40. The molecule has 2 aromatic rings. The smallest absolute Gasteiger partial charge is 0.475 e. The lowest BCUT2D eigenvalue weighted by molar-refractivity contribution is -0.192. The van der Waals surface area contributed by atoms with Gasteiger partial charge >= 0.3 is 12.1 Å². The second-order valence-electron chi connectivity index (χ2n) is 5.77. The minimum Gasteiger partial charge on any atom is -0.475 e. The van der Waals surface area contributed by atoms with Crippen LogP contribution in [0.25, 0.3) is 10.9 Å². The first-order chi connectivity index (χ1) is 11.7. The number of aromatic nitrogens is 2. The minimum atomic E-state index is -5.08. The van der Waals surface area contributed by atoms with Gasteiger partial charge in [-0.25, -0.2) is 4.79 Å². The maximum absolute atomic E-state index is 12.2. The van der Waals surface area contributed by atoms with Gasteiger partial charge in [0.05, 0.1) is 17.1 Å². The van der Waals surface area contributed by atoms with E-state index in [0.29, 0.717) is 6.54 Å². The van der Waals surface area contributed by atoms with Crippen LogP contribution in [0.1, 0.15) is 19.3 Å². The molecular formula is C15H17F3N4O3. The summed E-state index contributed by atoms with van der Waals surface area (Å²) in [4.78, 5) is 21.1. The maximum Gasteiger partial charge on any atom is 0.490 e. The van der Waals surface area contributed by atoms with Gasteiger partial charge < -0.3 is 16.2 Å². The predicted octanol–water partition coefficient (Wildman–Crippen LogP) is 2.26. The van der Waals surface area contributed by atoms with E-state index in [-0.39, 0.29) is 11.3 Å². The summed E-state index contributed by atoms with van der Waals surface area (Å²) >= 11 is 0. The molecule has 1 saturated carbocycles. The third-order valence-corrected chi connectivity index (χ3v) is 4.12. The first kappa shape index (κ1) is 18.7. The SMILES string of the molecule is NCC1(C(=O)Nc2ccc3[nH]ncc3c2)CCC1.O=C(O)C(F)(F)F. The van der Waals surface area contributed by atoms with Crippen LogP contribution in [-0.4, -0.2) is 39.9 Å². The van der Waals surface area contributed by atoms with Crippen molar-refractivity contribution >= 4 is 28.5 Å². The summed E-state index contributed by atoms with van der Waals surface area (Å²) in [5.74, 6) is -2.72. The number of hydrogen-bond donors (Lipinski definition) is 4. The Hall–Kier alpha value is -2.62. The molecule has 0 unspecified atom stereocenters. The Bertz CT molecular complexity index is 763. The molecule has 0 saturated heterocycles. The summed E-state index contributed by atoms with van der Waals surface area (Å²) in [5.41, 5.74) is 7.14. The van der Waals surface area contributed by atoms with Crippen LogP contribution in [-0.2, 0) is 9.59 Å². The van der Waals surface area contributed by atoms with Crippen LogP contribution in [0.3, 0.4) is 0 Å². The van der Waals surface area contributed by atoms with Gasteiger partial charge in [0, 0.05) is 17.6 Å². The van der Waals surface area contributed by atoms with E-state index in [4.69, 9.17) is 15.6 Å². The van der Waals surface area contributed by atoms with Crippen LogP contribution < -0.4 is 11.1 Å². The number of nitrogens with two attached hydrogens (primary N) is 1. The van der Waals surface area contributed by atoms with Crippen molar-refractivity contribution in [3.8, 4) is 0 Å². The number of carboxylic acids is 1. The van der Waals surface area contributed by atoms with Crippen LogP contribution in [0.15, 0.2) is 24.4 Å². The van der Waals surface area contributed by atoms with E-state index >= 15 is 0 Å². The zero-order valence-electron chi connectivity index (χ0n) is 13.1. The van der Waals surface area contributed by atoms with Gasteiger partial charge in [-0.05, 0) is 31.0 Å². The van der Waals surface area contributed by atoms with Gasteiger partial charge in [0.2, 0.25) is 5.91 Å². The third kappa shape index (κ3) is 4.27. The molecule has 0 radical (unpaired) electrons. The number of fused-ring (bicyclic) bond motifs is 1. The zero-order valence-corrected chi connectivity index (χ0v) is 13.1. The molecule has 3 rings (SSSR count).